The Balaban J connectivity index is 1.43. The number of benzene rings is 2. The first kappa shape index (κ1) is 16.1. The average molecular weight is 323 g/mol. The fourth-order valence-corrected chi connectivity index (χ4v) is 2.68. The number of fused-ring (bicyclic) bond motifs is 1. The number of hydrogen-bond acceptors (Lipinski definition) is 3. The Morgan fingerprint density at radius 1 is 1.12 bits per heavy atom. The molecule has 5 nitrogen and oxygen atoms in total. The van der Waals surface area contributed by atoms with Gasteiger partial charge in [-0.1, -0.05) is 47.6 Å². The number of nitrogens with one attached hydrogen (secondary N) is 2. The third-order valence-electron chi connectivity index (χ3n) is 3.88. The maximum atomic E-state index is 11.9. The predicted molar refractivity (Wildman–Crippen MR) is 93.7 cm³/mol. The molecule has 0 unspecified atom stereocenters. The van der Waals surface area contributed by atoms with E-state index in [2.05, 4.69) is 34.0 Å². The summed E-state index contributed by atoms with van der Waals surface area (Å²) in [6.45, 7) is 3.00. The molecular weight excluding hydrogens is 302 g/mol. The van der Waals surface area contributed by atoms with Gasteiger partial charge >= 0.3 is 6.03 Å². The molecule has 0 saturated heterocycles. The SMILES string of the molecule is Cc1cc(CCCNC(=O)NCc2cccc3ccccc23)on1. The first-order chi connectivity index (χ1) is 11.7. The highest BCUT2D eigenvalue weighted by Crippen LogP contribution is 2.18. The molecule has 1 aromatic heterocycles. The third kappa shape index (κ3) is 4.13. The molecule has 0 saturated carbocycles. The summed E-state index contributed by atoms with van der Waals surface area (Å²) in [5.41, 5.74) is 1.99. The van der Waals surface area contributed by atoms with Crippen molar-refractivity contribution in [3.8, 4) is 0 Å². The van der Waals surface area contributed by atoms with Crippen LogP contribution in [0.15, 0.2) is 53.1 Å². The Kier molecular flexibility index (Phi) is 5.11. The van der Waals surface area contributed by atoms with Crippen molar-refractivity contribution in [2.24, 2.45) is 0 Å². The first-order valence-electron chi connectivity index (χ1n) is 8.13. The summed E-state index contributed by atoms with van der Waals surface area (Å²) in [6.07, 6.45) is 1.58. The van der Waals surface area contributed by atoms with Crippen LogP contribution in [0.25, 0.3) is 10.8 Å². The van der Waals surface area contributed by atoms with Gasteiger partial charge in [0.05, 0.1) is 5.69 Å². The number of aryl methyl sites for hydroxylation is 2. The number of carbonyl (C=O) groups is 1. The van der Waals surface area contributed by atoms with E-state index in [1.807, 2.05) is 37.3 Å². The van der Waals surface area contributed by atoms with E-state index in [9.17, 15) is 4.79 Å². The quantitative estimate of drug-likeness (QED) is 0.682. The molecule has 24 heavy (non-hydrogen) atoms. The zero-order valence-electron chi connectivity index (χ0n) is 13.7. The van der Waals surface area contributed by atoms with Crippen LogP contribution in [0.3, 0.4) is 0 Å². The number of urea groups is 1. The van der Waals surface area contributed by atoms with E-state index in [-0.39, 0.29) is 6.03 Å². The normalized spacial score (nSPS) is 10.7. The Morgan fingerprint density at radius 3 is 2.79 bits per heavy atom. The van der Waals surface area contributed by atoms with E-state index in [4.69, 9.17) is 4.52 Å². The van der Waals surface area contributed by atoms with Gasteiger partial charge in [0.2, 0.25) is 0 Å². The largest absolute Gasteiger partial charge is 0.361 e. The third-order valence-corrected chi connectivity index (χ3v) is 3.88. The van der Waals surface area contributed by atoms with Crippen LogP contribution in [0.4, 0.5) is 4.79 Å². The van der Waals surface area contributed by atoms with Crippen molar-refractivity contribution in [1.82, 2.24) is 15.8 Å². The molecule has 0 aliphatic carbocycles. The molecule has 2 N–H and O–H groups in total. The Labute approximate surface area is 141 Å². The van der Waals surface area contributed by atoms with Crippen molar-refractivity contribution in [2.75, 3.05) is 6.54 Å². The lowest BCUT2D eigenvalue weighted by Crippen LogP contribution is -2.35. The number of amides is 2. The van der Waals surface area contributed by atoms with Crippen LogP contribution >= 0.6 is 0 Å². The van der Waals surface area contributed by atoms with E-state index in [1.165, 1.54) is 10.8 Å². The highest BCUT2D eigenvalue weighted by atomic mass is 16.5. The number of aromatic nitrogens is 1. The second kappa shape index (κ2) is 7.64. The van der Waals surface area contributed by atoms with Gasteiger partial charge in [0.15, 0.2) is 0 Å². The lowest BCUT2D eigenvalue weighted by Gasteiger charge is -2.09. The van der Waals surface area contributed by atoms with E-state index in [0.717, 1.165) is 29.9 Å². The van der Waals surface area contributed by atoms with Gasteiger partial charge in [0, 0.05) is 25.6 Å². The van der Waals surface area contributed by atoms with Crippen molar-refractivity contribution < 1.29 is 9.32 Å². The fraction of sp³-hybridized carbons (Fsp3) is 0.263. The molecule has 124 valence electrons. The molecule has 3 aromatic rings. The molecule has 5 heteroatoms. The van der Waals surface area contributed by atoms with Crippen molar-refractivity contribution in [3.63, 3.8) is 0 Å². The van der Waals surface area contributed by atoms with Crippen molar-refractivity contribution >= 4 is 16.8 Å². The Morgan fingerprint density at radius 2 is 1.96 bits per heavy atom. The number of hydrogen-bond donors (Lipinski definition) is 2. The van der Waals surface area contributed by atoms with Crippen LogP contribution in [-0.4, -0.2) is 17.7 Å². The summed E-state index contributed by atoms with van der Waals surface area (Å²) in [7, 11) is 0. The topological polar surface area (TPSA) is 67.2 Å². The molecule has 3 rings (SSSR count). The molecule has 0 bridgehead atoms. The zero-order valence-corrected chi connectivity index (χ0v) is 13.7. The van der Waals surface area contributed by atoms with Gasteiger partial charge in [-0.3, -0.25) is 0 Å². The van der Waals surface area contributed by atoms with E-state index in [0.29, 0.717) is 13.1 Å². The van der Waals surface area contributed by atoms with Crippen LogP contribution < -0.4 is 10.6 Å². The molecule has 0 fully saturated rings. The average Bonchev–Trinajstić information content (AvgIpc) is 3.02. The molecule has 2 amide bonds. The summed E-state index contributed by atoms with van der Waals surface area (Å²) >= 11 is 0. The molecular formula is C19H21N3O2. The van der Waals surface area contributed by atoms with E-state index < -0.39 is 0 Å². The van der Waals surface area contributed by atoms with Crippen LogP contribution in [0.2, 0.25) is 0 Å². The molecule has 2 aromatic carbocycles. The number of nitrogens with zero attached hydrogens (tertiary/aromatic N) is 1. The second-order valence-electron chi connectivity index (χ2n) is 5.79. The molecule has 0 radical (unpaired) electrons. The summed E-state index contributed by atoms with van der Waals surface area (Å²) in [4.78, 5) is 11.9. The lowest BCUT2D eigenvalue weighted by atomic mass is 10.0. The minimum absolute atomic E-state index is 0.156. The van der Waals surface area contributed by atoms with Gasteiger partial charge in [-0.05, 0) is 29.7 Å². The molecule has 0 spiro atoms. The van der Waals surface area contributed by atoms with Gasteiger partial charge in [-0.2, -0.15) is 0 Å². The van der Waals surface area contributed by atoms with E-state index in [1.54, 1.807) is 0 Å². The van der Waals surface area contributed by atoms with Crippen LogP contribution in [0.1, 0.15) is 23.4 Å². The Hall–Kier alpha value is -2.82. The van der Waals surface area contributed by atoms with Gasteiger partial charge in [0.1, 0.15) is 5.76 Å². The standard InChI is InChI=1S/C19H21N3O2/c1-14-12-17(24-22-14)9-5-11-20-19(23)21-13-16-8-4-7-15-6-2-3-10-18(15)16/h2-4,6-8,10,12H,5,9,11,13H2,1H3,(H2,20,21,23). The smallest absolute Gasteiger partial charge is 0.315 e. The summed E-state index contributed by atoms with van der Waals surface area (Å²) in [5, 5.41) is 12.0. The van der Waals surface area contributed by atoms with Crippen molar-refractivity contribution in [1.29, 1.82) is 0 Å². The number of rotatable bonds is 6. The van der Waals surface area contributed by atoms with Crippen LogP contribution in [0, 0.1) is 6.92 Å². The van der Waals surface area contributed by atoms with Crippen molar-refractivity contribution in [2.45, 2.75) is 26.3 Å². The minimum atomic E-state index is -0.156. The Bertz CT molecular complexity index is 821. The lowest BCUT2D eigenvalue weighted by molar-refractivity contribution is 0.240. The summed E-state index contributed by atoms with van der Waals surface area (Å²) < 4.78 is 5.14. The molecule has 1 heterocycles. The second-order valence-corrected chi connectivity index (χ2v) is 5.79. The molecule has 0 aliphatic heterocycles. The predicted octanol–water partition coefficient (Wildman–Crippen LogP) is 3.57. The minimum Gasteiger partial charge on any atom is -0.361 e. The van der Waals surface area contributed by atoms with Crippen LogP contribution in [-0.2, 0) is 13.0 Å². The molecule has 0 atom stereocenters. The monoisotopic (exact) mass is 323 g/mol. The zero-order chi connectivity index (χ0) is 16.8. The van der Waals surface area contributed by atoms with Gasteiger partial charge in [-0.25, -0.2) is 4.79 Å². The summed E-state index contributed by atoms with van der Waals surface area (Å²) in [6, 6.07) is 16.1. The summed E-state index contributed by atoms with van der Waals surface area (Å²) in [5.74, 6) is 0.852. The molecule has 0 aliphatic rings. The first-order valence-corrected chi connectivity index (χ1v) is 8.13. The van der Waals surface area contributed by atoms with Crippen LogP contribution in [0.5, 0.6) is 0 Å². The number of carbonyl (C=O) groups excluding carboxylic acids is 1. The highest BCUT2D eigenvalue weighted by molar-refractivity contribution is 5.86. The maximum Gasteiger partial charge on any atom is 0.315 e. The van der Waals surface area contributed by atoms with Gasteiger partial charge in [-0.15, -0.1) is 0 Å². The maximum absolute atomic E-state index is 11.9. The fourth-order valence-electron chi connectivity index (χ4n) is 2.68. The van der Waals surface area contributed by atoms with Gasteiger partial charge in [0.25, 0.3) is 0 Å². The van der Waals surface area contributed by atoms with Gasteiger partial charge < -0.3 is 15.2 Å². The van der Waals surface area contributed by atoms with E-state index >= 15 is 0 Å². The van der Waals surface area contributed by atoms with Crippen molar-refractivity contribution in [3.05, 3.63) is 65.5 Å². The highest BCUT2D eigenvalue weighted by Gasteiger charge is 2.04.